The van der Waals surface area contributed by atoms with Gasteiger partial charge in [0, 0.05) is 24.9 Å². The number of benzene rings is 2. The molecule has 174 valence electrons. The Morgan fingerprint density at radius 3 is 2.30 bits per heavy atom. The first-order valence-corrected chi connectivity index (χ1v) is 11.5. The maximum atomic E-state index is 12.4. The summed E-state index contributed by atoms with van der Waals surface area (Å²) in [6, 6.07) is 15.9. The van der Waals surface area contributed by atoms with Gasteiger partial charge in [0.05, 0.1) is 5.92 Å². The summed E-state index contributed by atoms with van der Waals surface area (Å²) >= 11 is 0. The zero-order valence-electron chi connectivity index (χ0n) is 18.8. The van der Waals surface area contributed by atoms with Crippen molar-refractivity contribution in [1.29, 1.82) is 0 Å². The number of carbonyl (C=O) groups excluding carboxylic acids is 2. The molecule has 0 saturated heterocycles. The molecule has 33 heavy (non-hydrogen) atoms. The van der Waals surface area contributed by atoms with E-state index in [0.717, 1.165) is 24.0 Å². The van der Waals surface area contributed by atoms with Crippen molar-refractivity contribution < 1.29 is 24.2 Å². The molecule has 2 aliphatic rings. The highest BCUT2D eigenvalue weighted by Crippen LogP contribution is 2.44. The first kappa shape index (κ1) is 22.8. The highest BCUT2D eigenvalue weighted by molar-refractivity contribution is 5.79. The smallest absolute Gasteiger partial charge is 0.407 e. The molecule has 3 N–H and O–H groups in total. The first-order chi connectivity index (χ1) is 15.9. The third kappa shape index (κ3) is 5.18. The van der Waals surface area contributed by atoms with Gasteiger partial charge in [-0.1, -0.05) is 55.0 Å². The van der Waals surface area contributed by atoms with Crippen LogP contribution in [0.5, 0.6) is 0 Å². The van der Waals surface area contributed by atoms with Gasteiger partial charge in [0.25, 0.3) is 0 Å². The lowest BCUT2D eigenvalue weighted by molar-refractivity contribution is -0.143. The SMILES string of the molecule is CC(CC(=O)NC[C@@H]1CCC[C@@H]1C(=O)O)NC(=O)OCC1c2ccccc2-c2ccccc21. The standard InChI is InChI=1S/C26H30N2O5/c1-16(13-24(29)27-14-17-7-6-12-18(17)25(30)31)28-26(32)33-15-23-21-10-4-2-8-19(21)20-9-3-5-11-22(20)23/h2-5,8-11,16-18,23H,6-7,12-15H2,1H3,(H,27,29)(H,28,32)(H,30,31)/t16?,17-,18-/m0/s1. The number of alkyl carbamates (subject to hydrolysis) is 1. The molecule has 2 aromatic rings. The van der Waals surface area contributed by atoms with Crippen molar-refractivity contribution in [2.24, 2.45) is 11.8 Å². The second-order valence-corrected chi connectivity index (χ2v) is 9.01. The van der Waals surface area contributed by atoms with Crippen LogP contribution >= 0.6 is 0 Å². The fraction of sp³-hybridized carbons (Fsp3) is 0.423. The molecule has 1 unspecified atom stereocenters. The van der Waals surface area contributed by atoms with E-state index in [1.54, 1.807) is 6.92 Å². The quantitative estimate of drug-likeness (QED) is 0.565. The highest BCUT2D eigenvalue weighted by Gasteiger charge is 2.33. The molecule has 0 radical (unpaired) electrons. The molecule has 0 aromatic heterocycles. The molecule has 0 heterocycles. The molecule has 3 atom stereocenters. The van der Waals surface area contributed by atoms with E-state index in [-0.39, 0.29) is 36.7 Å². The molecular formula is C26H30N2O5. The fourth-order valence-electron chi connectivity index (χ4n) is 5.09. The molecular weight excluding hydrogens is 420 g/mol. The number of rotatable bonds is 8. The first-order valence-electron chi connectivity index (χ1n) is 11.5. The Bertz CT molecular complexity index is 991. The Hall–Kier alpha value is -3.35. The van der Waals surface area contributed by atoms with Gasteiger partial charge in [-0.15, -0.1) is 0 Å². The van der Waals surface area contributed by atoms with Crippen molar-refractivity contribution in [2.45, 2.75) is 44.6 Å². The molecule has 2 aromatic carbocycles. The van der Waals surface area contributed by atoms with Crippen molar-refractivity contribution >= 4 is 18.0 Å². The van der Waals surface area contributed by atoms with Crippen molar-refractivity contribution in [3.63, 3.8) is 0 Å². The third-order valence-corrected chi connectivity index (χ3v) is 6.74. The number of fused-ring (bicyclic) bond motifs is 3. The molecule has 1 saturated carbocycles. The minimum atomic E-state index is -0.794. The highest BCUT2D eigenvalue weighted by atomic mass is 16.5. The second kappa shape index (κ2) is 10.1. The number of nitrogens with one attached hydrogen (secondary N) is 2. The number of carboxylic acid groups (broad SMARTS) is 1. The summed E-state index contributed by atoms with van der Waals surface area (Å²) in [5, 5.41) is 14.8. The Kier molecular flexibility index (Phi) is 6.96. The average Bonchev–Trinajstić information content (AvgIpc) is 3.39. The van der Waals surface area contributed by atoms with Gasteiger partial charge in [0.15, 0.2) is 0 Å². The molecule has 0 aliphatic heterocycles. The Labute approximate surface area is 193 Å². The van der Waals surface area contributed by atoms with E-state index in [4.69, 9.17) is 4.74 Å². The minimum absolute atomic E-state index is 0.0182. The Morgan fingerprint density at radius 2 is 1.67 bits per heavy atom. The van der Waals surface area contributed by atoms with Crippen LogP contribution in [0.25, 0.3) is 11.1 Å². The van der Waals surface area contributed by atoms with E-state index < -0.39 is 18.1 Å². The van der Waals surface area contributed by atoms with Crippen LogP contribution in [0.3, 0.4) is 0 Å². The van der Waals surface area contributed by atoms with Crippen LogP contribution in [0.2, 0.25) is 0 Å². The normalized spacial score (nSPS) is 19.9. The van der Waals surface area contributed by atoms with Crippen LogP contribution < -0.4 is 10.6 Å². The van der Waals surface area contributed by atoms with E-state index in [9.17, 15) is 19.5 Å². The van der Waals surface area contributed by atoms with Crippen LogP contribution in [0, 0.1) is 11.8 Å². The van der Waals surface area contributed by atoms with Crippen LogP contribution in [0.15, 0.2) is 48.5 Å². The van der Waals surface area contributed by atoms with E-state index in [0.29, 0.717) is 13.0 Å². The van der Waals surface area contributed by atoms with E-state index in [1.807, 2.05) is 24.3 Å². The molecule has 0 bridgehead atoms. The van der Waals surface area contributed by atoms with Gasteiger partial charge < -0.3 is 20.5 Å². The average molecular weight is 451 g/mol. The maximum absolute atomic E-state index is 12.4. The Balaban J connectivity index is 1.24. The lowest BCUT2D eigenvalue weighted by Crippen LogP contribution is -2.39. The maximum Gasteiger partial charge on any atom is 0.407 e. The topological polar surface area (TPSA) is 105 Å². The van der Waals surface area contributed by atoms with Crippen molar-refractivity contribution in [3.8, 4) is 11.1 Å². The van der Waals surface area contributed by atoms with Crippen molar-refractivity contribution in [3.05, 3.63) is 59.7 Å². The van der Waals surface area contributed by atoms with Crippen LogP contribution in [0.4, 0.5) is 4.79 Å². The Morgan fingerprint density at radius 1 is 1.03 bits per heavy atom. The fourth-order valence-corrected chi connectivity index (χ4v) is 5.09. The number of carboxylic acids is 1. The number of ether oxygens (including phenoxy) is 1. The van der Waals surface area contributed by atoms with E-state index >= 15 is 0 Å². The minimum Gasteiger partial charge on any atom is -0.481 e. The summed E-state index contributed by atoms with van der Waals surface area (Å²) in [4.78, 5) is 35.9. The predicted octanol–water partition coefficient (Wildman–Crippen LogP) is 3.92. The number of amides is 2. The molecule has 1 fully saturated rings. The monoisotopic (exact) mass is 450 g/mol. The van der Waals surface area contributed by atoms with Gasteiger partial charge in [0.1, 0.15) is 6.61 Å². The molecule has 2 amide bonds. The largest absolute Gasteiger partial charge is 0.481 e. The predicted molar refractivity (Wildman–Crippen MR) is 124 cm³/mol. The van der Waals surface area contributed by atoms with E-state index in [2.05, 4.69) is 34.9 Å². The molecule has 7 heteroatoms. The van der Waals surface area contributed by atoms with Gasteiger partial charge in [-0.3, -0.25) is 9.59 Å². The second-order valence-electron chi connectivity index (χ2n) is 9.01. The number of hydrogen-bond donors (Lipinski definition) is 3. The van der Waals surface area contributed by atoms with Crippen molar-refractivity contribution in [1.82, 2.24) is 10.6 Å². The van der Waals surface area contributed by atoms with Crippen LogP contribution in [0.1, 0.15) is 49.7 Å². The lowest BCUT2D eigenvalue weighted by atomic mass is 9.96. The van der Waals surface area contributed by atoms with E-state index in [1.165, 1.54) is 11.1 Å². The van der Waals surface area contributed by atoms with Gasteiger partial charge >= 0.3 is 12.1 Å². The molecule has 2 aliphatic carbocycles. The molecule has 7 nitrogen and oxygen atoms in total. The zero-order valence-corrected chi connectivity index (χ0v) is 18.8. The summed E-state index contributed by atoms with van der Waals surface area (Å²) < 4.78 is 5.53. The third-order valence-electron chi connectivity index (χ3n) is 6.74. The van der Waals surface area contributed by atoms with Crippen LogP contribution in [-0.4, -0.2) is 42.3 Å². The molecule has 4 rings (SSSR count). The van der Waals surface area contributed by atoms with Gasteiger partial charge in [-0.25, -0.2) is 4.79 Å². The van der Waals surface area contributed by atoms with Crippen molar-refractivity contribution in [2.75, 3.05) is 13.2 Å². The summed E-state index contributed by atoms with van der Waals surface area (Å²) in [7, 11) is 0. The summed E-state index contributed by atoms with van der Waals surface area (Å²) in [6.07, 6.45) is 1.89. The number of aliphatic carboxylic acids is 1. The lowest BCUT2D eigenvalue weighted by Gasteiger charge is -2.19. The summed E-state index contributed by atoms with van der Waals surface area (Å²) in [6.45, 7) is 2.32. The van der Waals surface area contributed by atoms with Gasteiger partial charge in [-0.05, 0) is 47.9 Å². The van der Waals surface area contributed by atoms with Crippen LogP contribution in [-0.2, 0) is 14.3 Å². The van der Waals surface area contributed by atoms with Gasteiger partial charge in [-0.2, -0.15) is 0 Å². The number of hydrogen-bond acceptors (Lipinski definition) is 4. The zero-order chi connectivity index (χ0) is 23.4. The number of carbonyl (C=O) groups is 3. The summed E-state index contributed by atoms with van der Waals surface area (Å²) in [5.74, 6) is -1.44. The summed E-state index contributed by atoms with van der Waals surface area (Å²) in [5.41, 5.74) is 4.62. The molecule has 0 spiro atoms. The van der Waals surface area contributed by atoms with Gasteiger partial charge in [0.2, 0.25) is 5.91 Å².